The van der Waals surface area contributed by atoms with Gasteiger partial charge in [-0.25, -0.2) is 4.79 Å². The maximum atomic E-state index is 14.1. The van der Waals surface area contributed by atoms with Gasteiger partial charge < -0.3 is 29.7 Å². The highest BCUT2D eigenvalue weighted by atomic mass is 16.5. The number of methoxy groups -OCH3 is 1. The van der Waals surface area contributed by atoms with E-state index in [-0.39, 0.29) is 36.4 Å². The van der Waals surface area contributed by atoms with Crippen LogP contribution in [0, 0.1) is 25.7 Å². The van der Waals surface area contributed by atoms with Crippen molar-refractivity contribution in [1.82, 2.24) is 20.3 Å². The Bertz CT molecular complexity index is 2050. The number of rotatable bonds is 8. The second-order valence-electron chi connectivity index (χ2n) is 12.3. The molecule has 1 aliphatic carbocycles. The van der Waals surface area contributed by atoms with Crippen LogP contribution >= 0.6 is 0 Å². The Morgan fingerprint density at radius 3 is 2.36 bits per heavy atom. The van der Waals surface area contributed by atoms with Gasteiger partial charge in [0.2, 0.25) is 5.78 Å². The molecule has 10 heteroatoms. The monoisotopic (exact) mass is 636 g/mol. The Morgan fingerprint density at radius 1 is 0.979 bits per heavy atom. The van der Waals surface area contributed by atoms with Gasteiger partial charge in [-0.2, -0.15) is 0 Å². The minimum atomic E-state index is -0.709. The van der Waals surface area contributed by atoms with E-state index in [0.29, 0.717) is 51.8 Å². The third kappa shape index (κ3) is 5.03. The number of aromatic nitrogens is 3. The van der Waals surface area contributed by atoms with Crippen molar-refractivity contribution in [1.29, 1.82) is 0 Å². The minimum absolute atomic E-state index is 0.0156. The molecule has 0 aromatic carbocycles. The molecule has 244 valence electrons. The van der Waals surface area contributed by atoms with E-state index in [1.54, 1.807) is 13.0 Å². The van der Waals surface area contributed by atoms with Crippen molar-refractivity contribution in [3.63, 3.8) is 0 Å². The summed E-state index contributed by atoms with van der Waals surface area (Å²) in [6, 6.07) is -0.492. The molecule has 2 aliphatic heterocycles. The summed E-state index contributed by atoms with van der Waals surface area (Å²) in [5.41, 5.74) is 8.68. The van der Waals surface area contributed by atoms with E-state index in [1.807, 2.05) is 39.0 Å². The first kappa shape index (κ1) is 31.8. The third-order valence-corrected chi connectivity index (χ3v) is 9.98. The number of aldehydes is 1. The largest absolute Gasteiger partial charge is 0.466 e. The van der Waals surface area contributed by atoms with Crippen LogP contribution in [-0.2, 0) is 25.5 Å². The van der Waals surface area contributed by atoms with Gasteiger partial charge in [0.1, 0.15) is 5.57 Å². The lowest BCUT2D eigenvalue weighted by Crippen LogP contribution is -2.31. The van der Waals surface area contributed by atoms with Crippen LogP contribution in [0.4, 0.5) is 0 Å². The van der Waals surface area contributed by atoms with Gasteiger partial charge in [-0.1, -0.05) is 26.5 Å². The maximum Gasteiger partial charge on any atom is 0.342 e. The number of H-pyrrole nitrogens is 3. The van der Waals surface area contributed by atoms with Crippen molar-refractivity contribution in [3.8, 4) is 0 Å². The first-order chi connectivity index (χ1) is 22.6. The molecule has 5 heterocycles. The Hall–Kier alpha value is -5.12. The molecule has 10 nitrogen and oxygen atoms in total. The molecule has 3 aromatic heterocycles. The minimum Gasteiger partial charge on any atom is -0.466 e. The van der Waals surface area contributed by atoms with E-state index in [1.165, 1.54) is 7.11 Å². The maximum absolute atomic E-state index is 14.1. The molecule has 6 rings (SSSR count). The molecular weight excluding hydrogens is 596 g/mol. The number of carbonyl (C=O) groups excluding carboxylic acids is 4. The zero-order chi connectivity index (χ0) is 33.7. The molecule has 1 saturated heterocycles. The summed E-state index contributed by atoms with van der Waals surface area (Å²) in [6.07, 6.45) is 9.81. The topological polar surface area (TPSA) is 146 Å². The fourth-order valence-corrected chi connectivity index (χ4v) is 7.53. The summed E-state index contributed by atoms with van der Waals surface area (Å²) in [7, 11) is 1.27. The molecule has 0 saturated carbocycles. The van der Waals surface area contributed by atoms with E-state index < -0.39 is 17.8 Å². The Labute approximate surface area is 272 Å². The van der Waals surface area contributed by atoms with Crippen molar-refractivity contribution < 1.29 is 28.7 Å². The van der Waals surface area contributed by atoms with Crippen LogP contribution in [0.5, 0.6) is 0 Å². The zero-order valence-electron chi connectivity index (χ0n) is 27.6. The van der Waals surface area contributed by atoms with E-state index in [2.05, 4.69) is 33.8 Å². The predicted molar refractivity (Wildman–Crippen MR) is 180 cm³/mol. The molecule has 1 fully saturated rings. The van der Waals surface area contributed by atoms with Gasteiger partial charge in [0.25, 0.3) is 0 Å². The van der Waals surface area contributed by atoms with Gasteiger partial charge in [0, 0.05) is 57.2 Å². The number of allylic oxidation sites excluding steroid dienone is 1. The number of carbonyl (C=O) groups is 4. The van der Waals surface area contributed by atoms with Crippen molar-refractivity contribution in [3.05, 3.63) is 84.7 Å². The number of nitrogens with one attached hydrogen (secondary N) is 4. The lowest BCUT2D eigenvalue weighted by Gasteiger charge is -2.23. The normalized spacial score (nSPS) is 22.0. The molecule has 4 N–H and O–H groups in total. The second kappa shape index (κ2) is 12.2. The molecular formula is C37H40N4O6. The fraction of sp³-hybridized carbons (Fsp3) is 0.351. The SMILES string of the molecule is C=Cc1c2[nH]c(c1C)/C=C1\NC(C3=C(C(=O)OC)C(=O)c4c3[nH]c(c4C)/C=c3\[nH]/c(c(C=O)c3CC)=C\2)[C@@H](CCC(=O)OCC)[C@@H]1C. The summed E-state index contributed by atoms with van der Waals surface area (Å²) >= 11 is 0. The highest BCUT2D eigenvalue weighted by Crippen LogP contribution is 2.46. The highest BCUT2D eigenvalue weighted by molar-refractivity contribution is 6.34. The molecule has 3 aliphatic rings. The number of aromatic amines is 3. The van der Waals surface area contributed by atoms with E-state index in [0.717, 1.165) is 45.4 Å². The van der Waals surface area contributed by atoms with Crippen LogP contribution in [0.1, 0.15) is 99.4 Å². The Balaban J connectivity index is 1.69. The number of Topliss-reactive ketones (excluding diaryl/α,β-unsaturated/α-hetero) is 1. The number of ether oxygens (including phenoxy) is 2. The standard InChI is InChI=1S/C37H40N4O6/c1-8-20-17(4)24-13-25-18(5)22(11-12-30(43)47-10-3)34(40-25)32-33(37(45)46-7)36(44)31-19(6)26(41-35(31)32)14-28-21(9-2)23(16-42)29(39-28)15-27(20)38-24/h8,13-16,18,22,34,38-41H,1,9-12H2,2-7H3/b25-13-,28-14-,29-15-/t18-,22-,34?/m0/s1. The molecule has 8 bridgehead atoms. The zero-order valence-corrected chi connectivity index (χ0v) is 27.6. The average molecular weight is 637 g/mol. The first-order valence-electron chi connectivity index (χ1n) is 16.1. The summed E-state index contributed by atoms with van der Waals surface area (Å²) in [5.74, 6) is -1.66. The highest BCUT2D eigenvalue weighted by Gasteiger charge is 2.47. The van der Waals surface area contributed by atoms with Crippen LogP contribution in [0.25, 0.3) is 29.9 Å². The first-order valence-corrected chi connectivity index (χ1v) is 16.1. The number of esters is 2. The van der Waals surface area contributed by atoms with Crippen LogP contribution < -0.4 is 16.0 Å². The molecule has 47 heavy (non-hydrogen) atoms. The molecule has 3 aromatic rings. The summed E-state index contributed by atoms with van der Waals surface area (Å²) in [4.78, 5) is 62.9. The summed E-state index contributed by atoms with van der Waals surface area (Å²) in [5, 5.41) is 5.07. The summed E-state index contributed by atoms with van der Waals surface area (Å²) < 4.78 is 10.4. The number of hydrogen-bond acceptors (Lipinski definition) is 7. The van der Waals surface area contributed by atoms with Crippen molar-refractivity contribution in [2.24, 2.45) is 11.8 Å². The van der Waals surface area contributed by atoms with Crippen molar-refractivity contribution in [2.75, 3.05) is 13.7 Å². The molecule has 0 spiro atoms. The van der Waals surface area contributed by atoms with E-state index >= 15 is 0 Å². The van der Waals surface area contributed by atoms with Gasteiger partial charge in [0.05, 0.1) is 36.4 Å². The molecule has 0 amide bonds. The van der Waals surface area contributed by atoms with Gasteiger partial charge in [-0.3, -0.25) is 14.4 Å². The van der Waals surface area contributed by atoms with Crippen LogP contribution in [0.15, 0.2) is 17.8 Å². The van der Waals surface area contributed by atoms with Crippen molar-refractivity contribution >= 4 is 53.9 Å². The number of ketones is 1. The molecule has 0 radical (unpaired) electrons. The van der Waals surface area contributed by atoms with Crippen LogP contribution in [0.2, 0.25) is 0 Å². The lowest BCUT2D eigenvalue weighted by molar-refractivity contribution is -0.143. The Morgan fingerprint density at radius 2 is 1.70 bits per heavy atom. The third-order valence-electron chi connectivity index (χ3n) is 9.98. The molecule has 3 atom stereocenters. The fourth-order valence-electron chi connectivity index (χ4n) is 7.53. The van der Waals surface area contributed by atoms with Crippen LogP contribution in [-0.4, -0.2) is 58.7 Å². The van der Waals surface area contributed by atoms with Gasteiger partial charge in [0.15, 0.2) is 6.29 Å². The Kier molecular flexibility index (Phi) is 8.29. The van der Waals surface area contributed by atoms with E-state index in [4.69, 9.17) is 9.47 Å². The van der Waals surface area contributed by atoms with Crippen LogP contribution in [0.3, 0.4) is 0 Å². The summed E-state index contributed by atoms with van der Waals surface area (Å²) in [6.45, 7) is 14.1. The van der Waals surface area contributed by atoms with Gasteiger partial charge in [-0.05, 0) is 74.4 Å². The smallest absolute Gasteiger partial charge is 0.342 e. The van der Waals surface area contributed by atoms with Gasteiger partial charge in [-0.15, -0.1) is 0 Å². The number of hydrogen-bond donors (Lipinski definition) is 4. The quantitative estimate of drug-likeness (QED) is 0.166. The van der Waals surface area contributed by atoms with Crippen molar-refractivity contribution in [2.45, 2.75) is 59.9 Å². The average Bonchev–Trinajstić information content (AvgIpc) is 3.80. The number of fused-ring (bicyclic) bond motifs is 8. The predicted octanol–water partition coefficient (Wildman–Crippen LogP) is 4.01. The lowest BCUT2D eigenvalue weighted by atomic mass is 9.82. The second-order valence-corrected chi connectivity index (χ2v) is 12.3. The van der Waals surface area contributed by atoms with Gasteiger partial charge >= 0.3 is 11.9 Å². The van der Waals surface area contributed by atoms with E-state index in [9.17, 15) is 19.2 Å². The molecule has 1 unspecified atom stereocenters.